The number of carbonyl (C=O) groups is 2. The van der Waals surface area contributed by atoms with Gasteiger partial charge in [0.15, 0.2) is 0 Å². The Morgan fingerprint density at radius 3 is 2.76 bits per heavy atom. The summed E-state index contributed by atoms with van der Waals surface area (Å²) in [5, 5.41) is 2.90. The van der Waals surface area contributed by atoms with Crippen molar-refractivity contribution in [2.24, 2.45) is 0 Å². The fourth-order valence-electron chi connectivity index (χ4n) is 2.57. The number of nitrogens with one attached hydrogen (secondary N) is 1. The van der Waals surface area contributed by atoms with Gasteiger partial charge in [0.05, 0.1) is 6.04 Å². The lowest BCUT2D eigenvalue weighted by molar-refractivity contribution is 0.0645. The third-order valence-electron chi connectivity index (χ3n) is 3.86. The first-order valence-electron chi connectivity index (χ1n) is 6.92. The summed E-state index contributed by atoms with van der Waals surface area (Å²) >= 11 is 0. The van der Waals surface area contributed by atoms with Crippen molar-refractivity contribution in [2.75, 3.05) is 13.6 Å². The molecule has 0 saturated heterocycles. The Balaban J connectivity index is 1.66. The lowest BCUT2D eigenvalue weighted by Gasteiger charge is -2.33. The Labute approximate surface area is 123 Å². The molecule has 1 aliphatic rings. The van der Waals surface area contributed by atoms with Gasteiger partial charge >= 0.3 is 0 Å². The number of aromatic nitrogens is 1. The smallest absolute Gasteiger partial charge is 0.270 e. The maximum absolute atomic E-state index is 12.2. The van der Waals surface area contributed by atoms with Crippen LogP contribution in [0.15, 0.2) is 48.7 Å². The second-order valence-corrected chi connectivity index (χ2v) is 5.19. The Morgan fingerprint density at radius 1 is 1.24 bits per heavy atom. The Hall–Kier alpha value is -2.56. The van der Waals surface area contributed by atoms with E-state index in [4.69, 9.17) is 0 Å². The number of hydrogen-bond acceptors (Lipinski definition) is 2. The molecule has 1 unspecified atom stereocenters. The summed E-state index contributed by atoms with van der Waals surface area (Å²) in [5.41, 5.74) is 1.33. The first kappa shape index (κ1) is 13.4. The van der Waals surface area contributed by atoms with E-state index < -0.39 is 0 Å². The number of benzene rings is 1. The van der Waals surface area contributed by atoms with Crippen molar-refractivity contribution in [3.05, 3.63) is 59.9 Å². The second kappa shape index (κ2) is 5.44. The minimum atomic E-state index is -0.116. The van der Waals surface area contributed by atoms with E-state index in [1.165, 1.54) is 0 Å². The summed E-state index contributed by atoms with van der Waals surface area (Å²) in [5.74, 6) is -0.125. The molecular weight excluding hydrogens is 266 g/mol. The van der Waals surface area contributed by atoms with Crippen LogP contribution in [-0.2, 0) is 6.54 Å². The van der Waals surface area contributed by atoms with Crippen LogP contribution in [0.4, 0.5) is 0 Å². The molecule has 0 bridgehead atoms. The molecule has 2 amide bonds. The van der Waals surface area contributed by atoms with Crippen LogP contribution in [-0.4, -0.2) is 40.9 Å². The molecule has 0 fully saturated rings. The molecule has 5 nitrogen and oxygen atoms in total. The molecule has 1 aromatic carbocycles. The van der Waals surface area contributed by atoms with Crippen LogP contribution in [0.5, 0.6) is 0 Å². The van der Waals surface area contributed by atoms with Gasteiger partial charge in [-0.05, 0) is 24.3 Å². The first-order chi connectivity index (χ1) is 10.2. The van der Waals surface area contributed by atoms with E-state index in [2.05, 4.69) is 5.32 Å². The van der Waals surface area contributed by atoms with Gasteiger partial charge in [-0.2, -0.15) is 0 Å². The average molecular weight is 283 g/mol. The highest BCUT2D eigenvalue weighted by Gasteiger charge is 2.29. The summed E-state index contributed by atoms with van der Waals surface area (Å²) in [6.07, 6.45) is 1.90. The van der Waals surface area contributed by atoms with Crippen LogP contribution >= 0.6 is 0 Å². The van der Waals surface area contributed by atoms with E-state index in [0.29, 0.717) is 24.3 Å². The standard InChI is InChI=1S/C16H17N3O2/c1-18-13(11-19-9-5-8-14(19)16(18)21)10-17-15(20)12-6-3-2-4-7-12/h2-9,13H,10-11H2,1H3,(H,17,20). The van der Waals surface area contributed by atoms with Crippen molar-refractivity contribution in [1.82, 2.24) is 14.8 Å². The Kier molecular flexibility index (Phi) is 3.48. The molecule has 1 atom stereocenters. The monoisotopic (exact) mass is 283 g/mol. The van der Waals surface area contributed by atoms with Gasteiger partial charge in [0, 0.05) is 31.9 Å². The molecule has 0 radical (unpaired) electrons. The van der Waals surface area contributed by atoms with Gasteiger partial charge in [-0.25, -0.2) is 0 Å². The van der Waals surface area contributed by atoms with E-state index in [1.807, 2.05) is 41.1 Å². The summed E-state index contributed by atoms with van der Waals surface area (Å²) in [6, 6.07) is 12.7. The number of rotatable bonds is 3. The summed E-state index contributed by atoms with van der Waals surface area (Å²) in [4.78, 5) is 25.9. The largest absolute Gasteiger partial charge is 0.350 e. The van der Waals surface area contributed by atoms with Gasteiger partial charge in [-0.3, -0.25) is 9.59 Å². The zero-order chi connectivity index (χ0) is 14.8. The van der Waals surface area contributed by atoms with Crippen molar-refractivity contribution >= 4 is 11.8 Å². The predicted molar refractivity (Wildman–Crippen MR) is 79.1 cm³/mol. The quantitative estimate of drug-likeness (QED) is 0.925. The summed E-state index contributed by atoms with van der Waals surface area (Å²) in [6.45, 7) is 1.13. The average Bonchev–Trinajstić information content (AvgIpc) is 2.98. The fraction of sp³-hybridized carbons (Fsp3) is 0.250. The van der Waals surface area contributed by atoms with Crippen molar-refractivity contribution < 1.29 is 9.59 Å². The van der Waals surface area contributed by atoms with Crippen LogP contribution in [0.2, 0.25) is 0 Å². The minimum Gasteiger partial charge on any atom is -0.350 e. The van der Waals surface area contributed by atoms with Gasteiger partial charge in [0.2, 0.25) is 0 Å². The predicted octanol–water partition coefficient (Wildman–Crippen LogP) is 1.37. The van der Waals surface area contributed by atoms with Crippen molar-refractivity contribution in [3.8, 4) is 0 Å². The molecule has 1 N–H and O–H groups in total. The number of carbonyl (C=O) groups excluding carboxylic acids is 2. The molecule has 108 valence electrons. The molecule has 2 aromatic rings. The molecule has 1 aliphatic heterocycles. The summed E-state index contributed by atoms with van der Waals surface area (Å²) in [7, 11) is 1.78. The molecule has 5 heteroatoms. The third kappa shape index (κ3) is 2.54. The zero-order valence-electron chi connectivity index (χ0n) is 11.8. The van der Waals surface area contributed by atoms with Gasteiger partial charge < -0.3 is 14.8 Å². The van der Waals surface area contributed by atoms with E-state index >= 15 is 0 Å². The molecule has 3 rings (SSSR count). The molecule has 0 spiro atoms. The number of amides is 2. The highest BCUT2D eigenvalue weighted by molar-refractivity contribution is 5.95. The second-order valence-electron chi connectivity index (χ2n) is 5.19. The SMILES string of the molecule is CN1C(=O)c2cccn2CC1CNC(=O)c1ccccc1. The van der Waals surface area contributed by atoms with Crippen LogP contribution in [0, 0.1) is 0 Å². The van der Waals surface area contributed by atoms with Crippen molar-refractivity contribution in [1.29, 1.82) is 0 Å². The number of nitrogens with zero attached hydrogens (tertiary/aromatic N) is 2. The molecule has 1 aromatic heterocycles. The molecule has 2 heterocycles. The minimum absolute atomic E-state index is 0.00906. The first-order valence-corrected chi connectivity index (χ1v) is 6.92. The topological polar surface area (TPSA) is 54.3 Å². The van der Waals surface area contributed by atoms with Crippen LogP contribution < -0.4 is 5.32 Å². The molecule has 0 aliphatic carbocycles. The maximum Gasteiger partial charge on any atom is 0.270 e. The lowest BCUT2D eigenvalue weighted by Crippen LogP contribution is -2.50. The van der Waals surface area contributed by atoms with Gasteiger partial charge in [-0.1, -0.05) is 18.2 Å². The van der Waals surface area contributed by atoms with Crippen molar-refractivity contribution in [2.45, 2.75) is 12.6 Å². The van der Waals surface area contributed by atoms with E-state index in [-0.39, 0.29) is 17.9 Å². The number of fused-ring (bicyclic) bond motifs is 1. The molecule has 0 saturated carbocycles. The van der Waals surface area contributed by atoms with Gasteiger partial charge in [0.25, 0.3) is 11.8 Å². The zero-order valence-corrected chi connectivity index (χ0v) is 11.8. The molecule has 21 heavy (non-hydrogen) atoms. The lowest BCUT2D eigenvalue weighted by atomic mass is 10.1. The third-order valence-corrected chi connectivity index (χ3v) is 3.86. The van der Waals surface area contributed by atoms with E-state index in [1.54, 1.807) is 24.1 Å². The van der Waals surface area contributed by atoms with Gasteiger partial charge in [0.1, 0.15) is 5.69 Å². The van der Waals surface area contributed by atoms with Gasteiger partial charge in [-0.15, -0.1) is 0 Å². The summed E-state index contributed by atoms with van der Waals surface area (Å²) < 4.78 is 1.93. The number of likely N-dealkylation sites (N-methyl/N-ethyl adjacent to an activating group) is 1. The highest BCUT2D eigenvalue weighted by Crippen LogP contribution is 2.16. The maximum atomic E-state index is 12.2. The highest BCUT2D eigenvalue weighted by atomic mass is 16.2. The fourth-order valence-corrected chi connectivity index (χ4v) is 2.57. The number of hydrogen-bond donors (Lipinski definition) is 1. The van der Waals surface area contributed by atoms with E-state index in [0.717, 1.165) is 0 Å². The normalized spacial score (nSPS) is 17.5. The Bertz CT molecular complexity index is 663. The molecular formula is C16H17N3O2. The van der Waals surface area contributed by atoms with E-state index in [9.17, 15) is 9.59 Å². The Morgan fingerprint density at radius 2 is 2.00 bits per heavy atom. The van der Waals surface area contributed by atoms with Crippen LogP contribution in [0.1, 0.15) is 20.8 Å². The van der Waals surface area contributed by atoms with Crippen LogP contribution in [0.3, 0.4) is 0 Å². The van der Waals surface area contributed by atoms with Crippen molar-refractivity contribution in [3.63, 3.8) is 0 Å². The van der Waals surface area contributed by atoms with Crippen LogP contribution in [0.25, 0.3) is 0 Å².